The summed E-state index contributed by atoms with van der Waals surface area (Å²) in [5.41, 5.74) is 2.08. The van der Waals surface area contributed by atoms with Crippen molar-refractivity contribution in [1.29, 1.82) is 0 Å². The molecule has 3 heteroatoms. The second-order valence-electron chi connectivity index (χ2n) is 4.72. The maximum atomic E-state index is 12.0. The molecule has 0 aliphatic rings. The van der Waals surface area contributed by atoms with Crippen molar-refractivity contribution >= 4 is 5.91 Å². The van der Waals surface area contributed by atoms with Crippen molar-refractivity contribution in [2.24, 2.45) is 0 Å². The Balaban J connectivity index is 1.91. The van der Waals surface area contributed by atoms with Crippen molar-refractivity contribution in [3.8, 4) is 5.75 Å². The smallest absolute Gasteiger partial charge is 0.224 e. The van der Waals surface area contributed by atoms with Crippen LogP contribution in [-0.4, -0.2) is 13.0 Å². The highest BCUT2D eigenvalue weighted by Crippen LogP contribution is 2.13. The topological polar surface area (TPSA) is 38.3 Å². The van der Waals surface area contributed by atoms with Crippen molar-refractivity contribution in [3.63, 3.8) is 0 Å². The number of methoxy groups -OCH3 is 1. The minimum Gasteiger partial charge on any atom is -0.497 e. The predicted octanol–water partition coefficient (Wildman–Crippen LogP) is 3.12. The number of benzene rings is 2. The molecule has 1 N–H and O–H groups in total. The number of carbonyl (C=O) groups is 1. The molecule has 104 valence electrons. The van der Waals surface area contributed by atoms with E-state index in [1.165, 1.54) is 0 Å². The summed E-state index contributed by atoms with van der Waals surface area (Å²) in [6, 6.07) is 17.5. The number of nitrogens with one attached hydrogen (secondary N) is 1. The van der Waals surface area contributed by atoms with Gasteiger partial charge in [0.1, 0.15) is 5.75 Å². The zero-order chi connectivity index (χ0) is 14.4. The molecule has 0 aromatic heterocycles. The normalized spacial score (nSPS) is 11.7. The minimum atomic E-state index is 0.0157. The molecule has 3 nitrogen and oxygen atoms in total. The van der Waals surface area contributed by atoms with Gasteiger partial charge in [-0.05, 0) is 30.2 Å². The first-order chi connectivity index (χ1) is 9.69. The second-order valence-corrected chi connectivity index (χ2v) is 4.72. The van der Waals surface area contributed by atoms with Gasteiger partial charge < -0.3 is 10.1 Å². The van der Waals surface area contributed by atoms with Crippen LogP contribution < -0.4 is 10.1 Å². The molecule has 0 aliphatic carbocycles. The Bertz CT molecular complexity index is 549. The molecule has 0 aliphatic heterocycles. The molecular weight excluding hydrogens is 250 g/mol. The highest BCUT2D eigenvalue weighted by Gasteiger charge is 2.09. The van der Waals surface area contributed by atoms with Gasteiger partial charge in [0.05, 0.1) is 19.6 Å². The maximum Gasteiger partial charge on any atom is 0.224 e. The molecule has 0 radical (unpaired) electrons. The van der Waals surface area contributed by atoms with E-state index in [0.29, 0.717) is 6.42 Å². The number of amides is 1. The number of hydrogen-bond acceptors (Lipinski definition) is 2. The van der Waals surface area contributed by atoms with Gasteiger partial charge in [-0.3, -0.25) is 4.79 Å². The summed E-state index contributed by atoms with van der Waals surface area (Å²) in [6.07, 6.45) is 0.376. The summed E-state index contributed by atoms with van der Waals surface area (Å²) in [7, 11) is 1.63. The highest BCUT2D eigenvalue weighted by atomic mass is 16.5. The van der Waals surface area contributed by atoms with Gasteiger partial charge in [0.15, 0.2) is 0 Å². The Labute approximate surface area is 119 Å². The molecule has 0 heterocycles. The summed E-state index contributed by atoms with van der Waals surface area (Å²) in [5.74, 6) is 0.818. The summed E-state index contributed by atoms with van der Waals surface area (Å²) in [4.78, 5) is 12.0. The second kappa shape index (κ2) is 6.75. The van der Waals surface area contributed by atoms with Gasteiger partial charge >= 0.3 is 0 Å². The van der Waals surface area contributed by atoms with Crippen LogP contribution in [0.2, 0.25) is 0 Å². The zero-order valence-electron chi connectivity index (χ0n) is 11.8. The molecular formula is C17H19NO2. The molecule has 1 atom stereocenters. The molecule has 0 spiro atoms. The molecule has 2 rings (SSSR count). The van der Waals surface area contributed by atoms with Gasteiger partial charge in [0, 0.05) is 0 Å². The predicted molar refractivity (Wildman–Crippen MR) is 79.7 cm³/mol. The Morgan fingerprint density at radius 2 is 1.75 bits per heavy atom. The van der Waals surface area contributed by atoms with Crippen molar-refractivity contribution in [2.45, 2.75) is 19.4 Å². The Kier molecular flexibility index (Phi) is 4.77. The average Bonchev–Trinajstić information content (AvgIpc) is 2.49. The van der Waals surface area contributed by atoms with Crippen LogP contribution in [0.3, 0.4) is 0 Å². The molecule has 0 unspecified atom stereocenters. The Morgan fingerprint density at radius 3 is 2.35 bits per heavy atom. The molecule has 0 saturated carbocycles. The van der Waals surface area contributed by atoms with E-state index in [-0.39, 0.29) is 11.9 Å². The lowest BCUT2D eigenvalue weighted by molar-refractivity contribution is -0.121. The summed E-state index contributed by atoms with van der Waals surface area (Å²) >= 11 is 0. The Morgan fingerprint density at radius 1 is 1.10 bits per heavy atom. The van der Waals surface area contributed by atoms with Crippen LogP contribution in [0.1, 0.15) is 24.1 Å². The molecule has 0 saturated heterocycles. The SMILES string of the molecule is COc1ccc(CC(=O)N[C@@H](C)c2ccccc2)cc1. The maximum absolute atomic E-state index is 12.0. The third-order valence-electron chi connectivity index (χ3n) is 3.20. The van der Waals surface area contributed by atoms with E-state index in [9.17, 15) is 4.79 Å². The molecule has 2 aromatic rings. The number of ether oxygens (including phenoxy) is 1. The lowest BCUT2D eigenvalue weighted by Crippen LogP contribution is -2.28. The van der Waals surface area contributed by atoms with Gasteiger partial charge in [-0.2, -0.15) is 0 Å². The largest absolute Gasteiger partial charge is 0.497 e. The van der Waals surface area contributed by atoms with Gasteiger partial charge in [0.2, 0.25) is 5.91 Å². The van der Waals surface area contributed by atoms with Crippen molar-refractivity contribution in [3.05, 3.63) is 65.7 Å². The third-order valence-corrected chi connectivity index (χ3v) is 3.20. The van der Waals surface area contributed by atoms with Crippen LogP contribution in [-0.2, 0) is 11.2 Å². The fraction of sp³-hybridized carbons (Fsp3) is 0.235. The first-order valence-corrected chi connectivity index (χ1v) is 6.66. The van der Waals surface area contributed by atoms with Gasteiger partial charge in [-0.1, -0.05) is 42.5 Å². The first kappa shape index (κ1) is 14.1. The van der Waals surface area contributed by atoms with Crippen LogP contribution in [0, 0.1) is 0 Å². The van der Waals surface area contributed by atoms with Crippen LogP contribution in [0.5, 0.6) is 5.75 Å². The van der Waals surface area contributed by atoms with E-state index in [1.54, 1.807) is 7.11 Å². The molecule has 1 amide bonds. The number of rotatable bonds is 5. The first-order valence-electron chi connectivity index (χ1n) is 6.66. The van der Waals surface area contributed by atoms with E-state index in [0.717, 1.165) is 16.9 Å². The van der Waals surface area contributed by atoms with Crippen LogP contribution >= 0.6 is 0 Å². The van der Waals surface area contributed by atoms with Crippen molar-refractivity contribution in [1.82, 2.24) is 5.32 Å². The Hall–Kier alpha value is -2.29. The average molecular weight is 269 g/mol. The van der Waals surface area contributed by atoms with E-state index < -0.39 is 0 Å². The van der Waals surface area contributed by atoms with Gasteiger partial charge in [-0.25, -0.2) is 0 Å². The van der Waals surface area contributed by atoms with E-state index in [1.807, 2.05) is 61.5 Å². The highest BCUT2D eigenvalue weighted by molar-refractivity contribution is 5.79. The quantitative estimate of drug-likeness (QED) is 0.905. The zero-order valence-corrected chi connectivity index (χ0v) is 11.8. The molecule has 20 heavy (non-hydrogen) atoms. The lowest BCUT2D eigenvalue weighted by atomic mass is 10.1. The van der Waals surface area contributed by atoms with Crippen LogP contribution in [0.25, 0.3) is 0 Å². The van der Waals surface area contributed by atoms with E-state index in [2.05, 4.69) is 5.32 Å². The fourth-order valence-electron chi connectivity index (χ4n) is 2.05. The van der Waals surface area contributed by atoms with Crippen molar-refractivity contribution < 1.29 is 9.53 Å². The standard InChI is InChI=1S/C17H19NO2/c1-13(15-6-4-3-5-7-15)18-17(19)12-14-8-10-16(20-2)11-9-14/h3-11,13H,12H2,1-2H3,(H,18,19)/t13-/m0/s1. The minimum absolute atomic E-state index is 0.0157. The van der Waals surface area contributed by atoms with E-state index in [4.69, 9.17) is 4.74 Å². The monoisotopic (exact) mass is 269 g/mol. The van der Waals surface area contributed by atoms with Gasteiger partial charge in [0.25, 0.3) is 0 Å². The van der Waals surface area contributed by atoms with Crippen LogP contribution in [0.4, 0.5) is 0 Å². The molecule has 0 bridgehead atoms. The third kappa shape index (κ3) is 3.85. The molecule has 0 fully saturated rings. The van der Waals surface area contributed by atoms with Crippen LogP contribution in [0.15, 0.2) is 54.6 Å². The summed E-state index contributed by atoms with van der Waals surface area (Å²) < 4.78 is 5.10. The van der Waals surface area contributed by atoms with Gasteiger partial charge in [-0.15, -0.1) is 0 Å². The summed E-state index contributed by atoms with van der Waals surface area (Å²) in [6.45, 7) is 1.99. The lowest BCUT2D eigenvalue weighted by Gasteiger charge is -2.14. The number of carbonyl (C=O) groups excluding carboxylic acids is 1. The van der Waals surface area contributed by atoms with Crippen molar-refractivity contribution in [2.75, 3.05) is 7.11 Å². The van der Waals surface area contributed by atoms with E-state index >= 15 is 0 Å². The molecule has 2 aromatic carbocycles. The number of hydrogen-bond donors (Lipinski definition) is 1. The fourth-order valence-corrected chi connectivity index (χ4v) is 2.05. The summed E-state index contributed by atoms with van der Waals surface area (Å²) in [5, 5.41) is 3.00.